The van der Waals surface area contributed by atoms with Gasteiger partial charge >= 0.3 is 6.09 Å². The fourth-order valence-electron chi connectivity index (χ4n) is 4.03. The first kappa shape index (κ1) is 25.5. The molecule has 0 saturated carbocycles. The van der Waals surface area contributed by atoms with E-state index in [1.807, 2.05) is 36.4 Å². The first-order chi connectivity index (χ1) is 18.9. The molecule has 5 rings (SSSR count). The molecule has 9 nitrogen and oxygen atoms in total. The zero-order valence-electron chi connectivity index (χ0n) is 21.3. The highest BCUT2D eigenvalue weighted by Crippen LogP contribution is 2.33. The number of fused-ring (bicyclic) bond motifs is 1. The molecule has 0 fully saturated rings. The highest BCUT2D eigenvalue weighted by molar-refractivity contribution is 5.96. The van der Waals surface area contributed by atoms with E-state index in [1.165, 1.54) is 6.07 Å². The molecule has 5 aromatic rings. The second-order valence-corrected chi connectivity index (χ2v) is 8.91. The summed E-state index contributed by atoms with van der Waals surface area (Å²) in [5.74, 6) is -0.499. The third-order valence-electron chi connectivity index (χ3n) is 6.05. The Bertz CT molecular complexity index is 1650. The molecule has 3 heterocycles. The maximum atomic E-state index is 14.0. The van der Waals surface area contributed by atoms with E-state index >= 15 is 0 Å². The van der Waals surface area contributed by atoms with Crippen molar-refractivity contribution >= 4 is 23.5 Å². The van der Waals surface area contributed by atoms with E-state index < -0.39 is 18.0 Å². The summed E-state index contributed by atoms with van der Waals surface area (Å²) in [6.07, 6.45) is 2.49. The molecule has 0 bridgehead atoms. The van der Waals surface area contributed by atoms with E-state index in [1.54, 1.807) is 61.1 Å². The maximum absolute atomic E-state index is 14.0. The molecule has 0 spiro atoms. The normalized spacial score (nSPS) is 11.7. The van der Waals surface area contributed by atoms with Gasteiger partial charge in [-0.15, -0.1) is 0 Å². The third-order valence-corrected chi connectivity index (χ3v) is 6.05. The number of amides is 2. The van der Waals surface area contributed by atoms with E-state index in [0.717, 1.165) is 11.1 Å². The molecular formula is C29H25FN6O3. The predicted octanol–water partition coefficient (Wildman–Crippen LogP) is 5.16. The molecule has 0 saturated heterocycles. The fraction of sp³-hybridized carbons (Fsp3) is 0.138. The van der Waals surface area contributed by atoms with Crippen LogP contribution in [0.3, 0.4) is 0 Å². The second kappa shape index (κ2) is 11.1. The van der Waals surface area contributed by atoms with Crippen LogP contribution in [0, 0.1) is 12.7 Å². The molecule has 2 aromatic carbocycles. The number of ether oxygens (including phenoxy) is 1. The van der Waals surface area contributed by atoms with Crippen molar-refractivity contribution in [3.8, 4) is 22.5 Å². The summed E-state index contributed by atoms with van der Waals surface area (Å²) in [5.41, 5.74) is 4.62. The minimum absolute atomic E-state index is 0.0911. The number of halogens is 1. The van der Waals surface area contributed by atoms with Gasteiger partial charge in [0.1, 0.15) is 30.0 Å². The van der Waals surface area contributed by atoms with Crippen LogP contribution in [0.1, 0.15) is 18.1 Å². The lowest BCUT2D eigenvalue weighted by atomic mass is 10.0. The highest BCUT2D eigenvalue weighted by atomic mass is 19.1. The van der Waals surface area contributed by atoms with Gasteiger partial charge in [-0.3, -0.25) is 4.79 Å². The monoisotopic (exact) mass is 524 g/mol. The summed E-state index contributed by atoms with van der Waals surface area (Å²) in [7, 11) is 0. The van der Waals surface area contributed by atoms with Crippen LogP contribution >= 0.6 is 0 Å². The maximum Gasteiger partial charge on any atom is 0.408 e. The van der Waals surface area contributed by atoms with E-state index in [-0.39, 0.29) is 18.2 Å². The molecule has 39 heavy (non-hydrogen) atoms. The molecule has 2 amide bonds. The summed E-state index contributed by atoms with van der Waals surface area (Å²) in [4.78, 5) is 34.0. The smallest absolute Gasteiger partial charge is 0.408 e. The first-order valence-corrected chi connectivity index (χ1v) is 12.2. The Morgan fingerprint density at radius 3 is 2.62 bits per heavy atom. The van der Waals surface area contributed by atoms with Gasteiger partial charge in [0.05, 0.1) is 5.69 Å². The van der Waals surface area contributed by atoms with Gasteiger partial charge in [-0.1, -0.05) is 30.3 Å². The Labute approximate surface area is 223 Å². The largest absolute Gasteiger partial charge is 0.445 e. The zero-order valence-corrected chi connectivity index (χ0v) is 21.3. The standard InChI is InChI=1S/C29H25FN6O3/c1-18-15-21(10-11-23(18)30)26-27(36-25(35-26)9-6-13-32-36)22-12-14-31-24(16-22)34-28(37)19(2)33-29(38)39-17-20-7-4-3-5-8-20/h3-16,19H,17H2,1-2H3,(H,33,38)(H,31,34,37). The SMILES string of the molecule is Cc1cc(-c2nc3cccnn3c2-c2ccnc(NC(=O)C(C)NC(=O)OCc3ccccc3)c2)ccc1F. The van der Waals surface area contributed by atoms with Crippen LogP contribution in [0.15, 0.2) is 85.2 Å². The van der Waals surface area contributed by atoms with Crippen molar-refractivity contribution in [2.75, 3.05) is 5.32 Å². The van der Waals surface area contributed by atoms with Crippen molar-refractivity contribution in [2.45, 2.75) is 26.5 Å². The van der Waals surface area contributed by atoms with Gasteiger partial charge in [-0.05, 0) is 67.4 Å². The van der Waals surface area contributed by atoms with Gasteiger partial charge in [-0.25, -0.2) is 23.7 Å². The fourth-order valence-corrected chi connectivity index (χ4v) is 4.03. The lowest BCUT2D eigenvalue weighted by molar-refractivity contribution is -0.117. The van der Waals surface area contributed by atoms with Crippen molar-refractivity contribution < 1.29 is 18.7 Å². The van der Waals surface area contributed by atoms with Crippen LogP contribution in [0.25, 0.3) is 28.2 Å². The number of nitrogens with one attached hydrogen (secondary N) is 2. The molecule has 10 heteroatoms. The topological polar surface area (TPSA) is 111 Å². The molecule has 0 aliphatic heterocycles. The number of benzene rings is 2. The number of anilines is 1. The number of hydrogen-bond donors (Lipinski definition) is 2. The molecule has 0 aliphatic carbocycles. The molecule has 196 valence electrons. The Kier molecular flexibility index (Phi) is 7.26. The number of aryl methyl sites for hydroxylation is 1. The van der Waals surface area contributed by atoms with Crippen LogP contribution in [0.5, 0.6) is 0 Å². The van der Waals surface area contributed by atoms with Crippen LogP contribution in [-0.4, -0.2) is 37.6 Å². The number of alkyl carbamates (subject to hydrolysis) is 1. The first-order valence-electron chi connectivity index (χ1n) is 12.2. The minimum atomic E-state index is -0.881. The number of rotatable bonds is 7. The lowest BCUT2D eigenvalue weighted by Crippen LogP contribution is -2.41. The highest BCUT2D eigenvalue weighted by Gasteiger charge is 2.20. The van der Waals surface area contributed by atoms with Gasteiger partial charge in [0, 0.05) is 23.5 Å². The quantitative estimate of drug-likeness (QED) is 0.304. The minimum Gasteiger partial charge on any atom is -0.445 e. The van der Waals surface area contributed by atoms with Crippen LogP contribution < -0.4 is 10.6 Å². The van der Waals surface area contributed by atoms with E-state index in [9.17, 15) is 14.0 Å². The van der Waals surface area contributed by atoms with Crippen molar-refractivity contribution in [3.63, 3.8) is 0 Å². The van der Waals surface area contributed by atoms with E-state index in [0.29, 0.717) is 28.2 Å². The van der Waals surface area contributed by atoms with Gasteiger partial charge in [0.2, 0.25) is 5.91 Å². The molecule has 3 aromatic heterocycles. The van der Waals surface area contributed by atoms with Crippen LogP contribution in [-0.2, 0) is 16.1 Å². The molecule has 1 unspecified atom stereocenters. The Morgan fingerprint density at radius 1 is 1.00 bits per heavy atom. The average molecular weight is 525 g/mol. The van der Waals surface area contributed by atoms with E-state index in [4.69, 9.17) is 9.72 Å². The van der Waals surface area contributed by atoms with Crippen LogP contribution in [0.4, 0.5) is 15.0 Å². The third kappa shape index (κ3) is 5.74. The Balaban J connectivity index is 1.35. The van der Waals surface area contributed by atoms with Crippen molar-refractivity contribution in [2.24, 2.45) is 0 Å². The number of imidazole rings is 1. The number of pyridine rings is 1. The summed E-state index contributed by atoms with van der Waals surface area (Å²) < 4.78 is 20.8. The number of hydrogen-bond acceptors (Lipinski definition) is 6. The van der Waals surface area contributed by atoms with Gasteiger partial charge in [0.15, 0.2) is 5.65 Å². The Morgan fingerprint density at radius 2 is 1.82 bits per heavy atom. The number of carbonyl (C=O) groups is 2. The molecule has 0 radical (unpaired) electrons. The number of carbonyl (C=O) groups excluding carboxylic acids is 2. The molecular weight excluding hydrogens is 499 g/mol. The molecule has 1 atom stereocenters. The molecule has 0 aliphatic rings. The van der Waals surface area contributed by atoms with Gasteiger partial charge < -0.3 is 15.4 Å². The van der Waals surface area contributed by atoms with Crippen molar-refractivity contribution in [3.05, 3.63) is 102 Å². The molecule has 2 N–H and O–H groups in total. The average Bonchev–Trinajstić information content (AvgIpc) is 3.34. The summed E-state index contributed by atoms with van der Waals surface area (Å²) in [5, 5.41) is 9.69. The van der Waals surface area contributed by atoms with E-state index in [2.05, 4.69) is 20.7 Å². The summed E-state index contributed by atoms with van der Waals surface area (Å²) >= 11 is 0. The van der Waals surface area contributed by atoms with Gasteiger partial charge in [0.25, 0.3) is 0 Å². The van der Waals surface area contributed by atoms with Crippen molar-refractivity contribution in [1.82, 2.24) is 24.9 Å². The summed E-state index contributed by atoms with van der Waals surface area (Å²) in [6.45, 7) is 3.33. The number of nitrogens with zero attached hydrogens (tertiary/aromatic N) is 4. The second-order valence-electron chi connectivity index (χ2n) is 8.91. The Hall–Kier alpha value is -5.12. The van der Waals surface area contributed by atoms with Crippen molar-refractivity contribution in [1.29, 1.82) is 0 Å². The summed E-state index contributed by atoms with van der Waals surface area (Å²) in [6, 6.07) is 20.2. The van der Waals surface area contributed by atoms with Gasteiger partial charge in [-0.2, -0.15) is 5.10 Å². The lowest BCUT2D eigenvalue weighted by Gasteiger charge is -2.14. The predicted molar refractivity (Wildman–Crippen MR) is 144 cm³/mol. The number of aromatic nitrogens is 4. The zero-order chi connectivity index (χ0) is 27.4. The van der Waals surface area contributed by atoms with Crippen LogP contribution in [0.2, 0.25) is 0 Å².